The van der Waals surface area contributed by atoms with E-state index in [4.69, 9.17) is 10.2 Å². The lowest BCUT2D eigenvalue weighted by atomic mass is 9.72. The van der Waals surface area contributed by atoms with Crippen LogP contribution in [0.25, 0.3) is 0 Å². The van der Waals surface area contributed by atoms with Gasteiger partial charge in [0.1, 0.15) is 0 Å². The van der Waals surface area contributed by atoms with E-state index >= 15 is 0 Å². The molecule has 0 unspecified atom stereocenters. The topological polar surface area (TPSA) is 57.5 Å². The summed E-state index contributed by atoms with van der Waals surface area (Å²) in [5.74, 6) is -0.659. The van der Waals surface area contributed by atoms with Gasteiger partial charge in [-0.05, 0) is 57.4 Å². The van der Waals surface area contributed by atoms with Gasteiger partial charge >= 0.3 is 5.97 Å². The molecule has 3 nitrogen and oxygen atoms in total. The number of hydrogen-bond donors (Lipinski definition) is 2. The third-order valence-electron chi connectivity index (χ3n) is 6.68. The monoisotopic (exact) mass is 486 g/mol. The first kappa shape index (κ1) is 33.1. The van der Waals surface area contributed by atoms with Crippen LogP contribution >= 0.6 is 0 Å². The Kier molecular flexibility index (Phi) is 19.2. The zero-order chi connectivity index (χ0) is 26.5. The van der Waals surface area contributed by atoms with Crippen LogP contribution in [0.1, 0.15) is 125 Å². The van der Waals surface area contributed by atoms with Gasteiger partial charge < -0.3 is 10.2 Å². The number of rotatable bonds is 15. The molecule has 0 radical (unpaired) electrons. The second kappa shape index (κ2) is 20.3. The smallest absolute Gasteiger partial charge is 0.303 e. The Labute approximate surface area is 216 Å². The van der Waals surface area contributed by atoms with Crippen LogP contribution in [0.5, 0.6) is 0 Å². The van der Waals surface area contributed by atoms with Crippen molar-refractivity contribution in [1.82, 2.24) is 0 Å². The molecule has 2 N–H and O–H groups in total. The van der Waals surface area contributed by atoms with Gasteiger partial charge in [0.15, 0.2) is 0 Å². The Bertz CT molecular complexity index is 732. The lowest BCUT2D eigenvalue weighted by Gasteiger charge is -2.32. The van der Waals surface area contributed by atoms with Gasteiger partial charge in [0.05, 0.1) is 6.61 Å². The Morgan fingerprint density at radius 1 is 0.943 bits per heavy atom. The maximum absolute atomic E-state index is 10.2. The highest BCUT2D eigenvalue weighted by molar-refractivity contribution is 5.66. The van der Waals surface area contributed by atoms with Gasteiger partial charge in [-0.1, -0.05) is 125 Å². The van der Waals surface area contributed by atoms with E-state index in [9.17, 15) is 4.79 Å². The zero-order valence-electron chi connectivity index (χ0n) is 23.7. The standard InChI is InChI=1S/C20H30O.C12H24O2/c1-16(8-6-9-17(2)13-15-21)11-12-19-18(3)10-7-14-20(19,4)5;1-2-3-4-5-6-7-8-9-10-11-12(13)14/h6,8-9,11-13,21H,7,10,14-15H2,1-5H3;2-11H2,1H3,(H,13,14). The molecule has 0 aliphatic heterocycles. The number of aliphatic carboxylic acids is 1. The number of aliphatic hydroxyl groups is 1. The predicted octanol–water partition coefficient (Wildman–Crippen LogP) is 9.50. The normalized spacial score (nSPS) is 16.7. The summed E-state index contributed by atoms with van der Waals surface area (Å²) in [6, 6.07) is 0. The minimum atomic E-state index is -0.659. The van der Waals surface area contributed by atoms with Crippen molar-refractivity contribution in [3.8, 4) is 0 Å². The molecule has 1 aliphatic rings. The Hall–Kier alpha value is -1.87. The van der Waals surface area contributed by atoms with Crippen LogP contribution in [0, 0.1) is 5.41 Å². The van der Waals surface area contributed by atoms with E-state index in [2.05, 4.69) is 52.8 Å². The average Bonchev–Trinajstić information content (AvgIpc) is 2.77. The van der Waals surface area contributed by atoms with Gasteiger partial charge in [0.25, 0.3) is 0 Å². The van der Waals surface area contributed by atoms with Gasteiger partial charge in [-0.3, -0.25) is 4.79 Å². The zero-order valence-corrected chi connectivity index (χ0v) is 23.7. The molecular weight excluding hydrogens is 432 g/mol. The lowest BCUT2D eigenvalue weighted by molar-refractivity contribution is -0.137. The van der Waals surface area contributed by atoms with Crippen LogP contribution in [0.4, 0.5) is 0 Å². The highest BCUT2D eigenvalue weighted by Gasteiger charge is 2.26. The summed E-state index contributed by atoms with van der Waals surface area (Å²) in [7, 11) is 0. The highest BCUT2D eigenvalue weighted by atomic mass is 16.4. The Balaban J connectivity index is 0.000000720. The van der Waals surface area contributed by atoms with Gasteiger partial charge in [0.2, 0.25) is 0 Å². The number of hydrogen-bond acceptors (Lipinski definition) is 2. The van der Waals surface area contributed by atoms with Crippen molar-refractivity contribution in [1.29, 1.82) is 0 Å². The molecule has 35 heavy (non-hydrogen) atoms. The molecule has 0 saturated heterocycles. The molecule has 0 bridgehead atoms. The minimum Gasteiger partial charge on any atom is -0.481 e. The number of unbranched alkanes of at least 4 members (excludes halogenated alkanes) is 8. The van der Waals surface area contributed by atoms with Gasteiger partial charge in [0, 0.05) is 6.42 Å². The van der Waals surface area contributed by atoms with Gasteiger partial charge in [-0.25, -0.2) is 0 Å². The number of carbonyl (C=O) groups is 1. The minimum absolute atomic E-state index is 0.0985. The van der Waals surface area contributed by atoms with Crippen molar-refractivity contribution >= 4 is 5.97 Å². The molecule has 0 saturated carbocycles. The van der Waals surface area contributed by atoms with E-state index in [1.54, 1.807) is 6.08 Å². The van der Waals surface area contributed by atoms with Crippen molar-refractivity contribution in [3.05, 3.63) is 58.7 Å². The summed E-state index contributed by atoms with van der Waals surface area (Å²) in [6.45, 7) is 13.4. The summed E-state index contributed by atoms with van der Waals surface area (Å²) in [4.78, 5) is 10.2. The first-order valence-electron chi connectivity index (χ1n) is 13.9. The Morgan fingerprint density at radius 2 is 1.54 bits per heavy atom. The molecule has 3 heteroatoms. The second-order valence-electron chi connectivity index (χ2n) is 10.6. The number of allylic oxidation sites excluding steroid dienone is 9. The van der Waals surface area contributed by atoms with Crippen molar-refractivity contribution < 1.29 is 15.0 Å². The molecule has 0 fully saturated rings. The van der Waals surface area contributed by atoms with Crippen LogP contribution < -0.4 is 0 Å². The third-order valence-corrected chi connectivity index (χ3v) is 6.68. The maximum Gasteiger partial charge on any atom is 0.303 e. The van der Waals surface area contributed by atoms with E-state index in [0.717, 1.165) is 18.4 Å². The lowest BCUT2D eigenvalue weighted by Crippen LogP contribution is -2.19. The second-order valence-corrected chi connectivity index (χ2v) is 10.6. The predicted molar refractivity (Wildman–Crippen MR) is 153 cm³/mol. The molecule has 0 heterocycles. The number of carboxylic acid groups (broad SMARTS) is 1. The van der Waals surface area contributed by atoms with E-state index in [0.29, 0.717) is 11.8 Å². The van der Waals surface area contributed by atoms with E-state index in [1.165, 1.54) is 80.9 Å². The van der Waals surface area contributed by atoms with Crippen molar-refractivity contribution in [2.24, 2.45) is 5.41 Å². The van der Waals surface area contributed by atoms with Crippen LogP contribution in [0.3, 0.4) is 0 Å². The molecule has 0 atom stereocenters. The first-order valence-corrected chi connectivity index (χ1v) is 13.9. The first-order chi connectivity index (χ1) is 16.6. The van der Waals surface area contributed by atoms with E-state index in [1.807, 2.05) is 19.1 Å². The van der Waals surface area contributed by atoms with Crippen molar-refractivity contribution in [3.63, 3.8) is 0 Å². The molecule has 0 aromatic carbocycles. The van der Waals surface area contributed by atoms with Crippen molar-refractivity contribution in [2.75, 3.05) is 6.61 Å². The molecule has 200 valence electrons. The summed E-state index contributed by atoms with van der Waals surface area (Å²) >= 11 is 0. The molecule has 0 aromatic heterocycles. The molecule has 1 rings (SSSR count). The van der Waals surface area contributed by atoms with Crippen LogP contribution in [0.2, 0.25) is 0 Å². The molecule has 1 aliphatic carbocycles. The number of aliphatic hydroxyl groups excluding tert-OH is 1. The van der Waals surface area contributed by atoms with E-state index < -0.39 is 5.97 Å². The largest absolute Gasteiger partial charge is 0.481 e. The average molecular weight is 487 g/mol. The summed E-state index contributed by atoms with van der Waals surface area (Å²) < 4.78 is 0. The highest BCUT2D eigenvalue weighted by Crippen LogP contribution is 2.40. The van der Waals surface area contributed by atoms with Crippen LogP contribution in [0.15, 0.2) is 58.7 Å². The van der Waals surface area contributed by atoms with Crippen molar-refractivity contribution in [2.45, 2.75) is 125 Å². The van der Waals surface area contributed by atoms with Gasteiger partial charge in [-0.15, -0.1) is 0 Å². The Morgan fingerprint density at radius 3 is 2.09 bits per heavy atom. The fourth-order valence-electron chi connectivity index (χ4n) is 4.43. The third kappa shape index (κ3) is 18.1. The fourth-order valence-corrected chi connectivity index (χ4v) is 4.43. The number of carboxylic acids is 1. The summed E-state index contributed by atoms with van der Waals surface area (Å²) in [6.07, 6.45) is 27.8. The maximum atomic E-state index is 10.2. The SMILES string of the molecule is CC(C=CC1=C(C)CCCC1(C)C)=CC=CC(C)=CCO.CCCCCCCCCCCC(=O)O. The molecule has 0 amide bonds. The molecule has 0 spiro atoms. The summed E-state index contributed by atoms with van der Waals surface area (Å²) in [5, 5.41) is 17.2. The fraction of sp³-hybridized carbons (Fsp3) is 0.656. The van der Waals surface area contributed by atoms with Crippen LogP contribution in [-0.4, -0.2) is 22.8 Å². The molecular formula is C32H54O3. The molecule has 0 aromatic rings. The van der Waals surface area contributed by atoms with E-state index in [-0.39, 0.29) is 6.61 Å². The van der Waals surface area contributed by atoms with Gasteiger partial charge in [-0.2, -0.15) is 0 Å². The van der Waals surface area contributed by atoms with Crippen LogP contribution in [-0.2, 0) is 4.79 Å². The summed E-state index contributed by atoms with van der Waals surface area (Å²) in [5.41, 5.74) is 5.66. The quantitative estimate of drug-likeness (QED) is 0.179.